The van der Waals surface area contributed by atoms with E-state index in [9.17, 15) is 8.42 Å². The van der Waals surface area contributed by atoms with Gasteiger partial charge in [-0.05, 0) is 40.4 Å². The van der Waals surface area contributed by atoms with Gasteiger partial charge in [-0.2, -0.15) is 4.31 Å². The second kappa shape index (κ2) is 5.83. The molecule has 0 fully saturated rings. The fourth-order valence-corrected chi connectivity index (χ4v) is 6.11. The first-order chi connectivity index (χ1) is 9.96. The maximum atomic E-state index is 12.5. The molecule has 0 aromatic carbocycles. The zero-order valence-corrected chi connectivity index (χ0v) is 14.8. The van der Waals surface area contributed by atoms with E-state index in [4.69, 9.17) is 0 Å². The van der Waals surface area contributed by atoms with Crippen molar-refractivity contribution in [2.45, 2.75) is 23.6 Å². The molecule has 0 unspecified atom stereocenters. The number of fused-ring (bicyclic) bond motifs is 1. The molecule has 1 aliphatic heterocycles. The first kappa shape index (κ1) is 15.2. The molecule has 2 aromatic heterocycles. The van der Waals surface area contributed by atoms with Crippen LogP contribution in [0.25, 0.3) is 0 Å². The molecule has 0 aliphatic carbocycles. The molecule has 0 spiro atoms. The Balaban J connectivity index is 1.71. The van der Waals surface area contributed by atoms with Gasteiger partial charge in [-0.25, -0.2) is 13.4 Å². The number of aromatic nitrogens is 2. The highest BCUT2D eigenvalue weighted by Crippen LogP contribution is 2.29. The Bertz CT molecular complexity index is 738. The van der Waals surface area contributed by atoms with E-state index in [2.05, 4.69) is 25.5 Å². The molecule has 0 N–H and O–H groups in total. The summed E-state index contributed by atoms with van der Waals surface area (Å²) in [5.74, 6) is 1.42. The van der Waals surface area contributed by atoms with Gasteiger partial charge >= 0.3 is 0 Å². The predicted molar refractivity (Wildman–Crippen MR) is 85.9 cm³/mol. The number of halogens is 1. The molecule has 0 bridgehead atoms. The van der Waals surface area contributed by atoms with Crippen LogP contribution in [0.4, 0.5) is 0 Å². The van der Waals surface area contributed by atoms with Crippen LogP contribution in [0.2, 0.25) is 0 Å². The second-order valence-electron chi connectivity index (χ2n) is 5.24. The van der Waals surface area contributed by atoms with Crippen LogP contribution in [0.5, 0.6) is 0 Å². The third-order valence-corrected chi connectivity index (χ3v) is 7.68. The fraction of sp³-hybridized carbons (Fsp3) is 0.462. The van der Waals surface area contributed by atoms with Crippen LogP contribution in [0.1, 0.15) is 12.2 Å². The van der Waals surface area contributed by atoms with Gasteiger partial charge in [0.1, 0.15) is 10.0 Å². The lowest BCUT2D eigenvalue weighted by molar-refractivity contribution is 0.303. The summed E-state index contributed by atoms with van der Waals surface area (Å²) in [5, 5.41) is 0. The van der Waals surface area contributed by atoms with Crippen LogP contribution in [0, 0.1) is 5.92 Å². The van der Waals surface area contributed by atoms with E-state index >= 15 is 0 Å². The molecule has 114 valence electrons. The summed E-state index contributed by atoms with van der Waals surface area (Å²) in [6.45, 7) is 1.37. The topological polar surface area (TPSA) is 55.2 Å². The van der Waals surface area contributed by atoms with E-state index in [1.165, 1.54) is 15.6 Å². The molecule has 21 heavy (non-hydrogen) atoms. The van der Waals surface area contributed by atoms with Crippen LogP contribution < -0.4 is 0 Å². The van der Waals surface area contributed by atoms with E-state index in [1.54, 1.807) is 25.4 Å². The van der Waals surface area contributed by atoms with Crippen molar-refractivity contribution in [3.8, 4) is 0 Å². The van der Waals surface area contributed by atoms with Crippen molar-refractivity contribution in [1.29, 1.82) is 0 Å². The zero-order chi connectivity index (χ0) is 15.0. The number of rotatable bonds is 4. The third-order valence-electron chi connectivity index (χ3n) is 3.76. The summed E-state index contributed by atoms with van der Waals surface area (Å²) in [6.07, 6.45) is 5.66. The molecule has 2 aromatic rings. The van der Waals surface area contributed by atoms with Crippen LogP contribution in [0.3, 0.4) is 0 Å². The van der Waals surface area contributed by atoms with Gasteiger partial charge < -0.3 is 4.57 Å². The van der Waals surface area contributed by atoms with Gasteiger partial charge in [0.15, 0.2) is 0 Å². The van der Waals surface area contributed by atoms with Crippen molar-refractivity contribution < 1.29 is 8.42 Å². The van der Waals surface area contributed by atoms with Crippen LogP contribution in [-0.2, 0) is 23.0 Å². The summed E-state index contributed by atoms with van der Waals surface area (Å²) in [7, 11) is -1.73. The summed E-state index contributed by atoms with van der Waals surface area (Å²) in [5.41, 5.74) is 0. The van der Waals surface area contributed by atoms with E-state index < -0.39 is 10.0 Å². The van der Waals surface area contributed by atoms with Gasteiger partial charge in [0.25, 0.3) is 10.0 Å². The van der Waals surface area contributed by atoms with E-state index in [0.29, 0.717) is 16.7 Å². The van der Waals surface area contributed by atoms with E-state index in [-0.39, 0.29) is 0 Å². The second-order valence-corrected chi connectivity index (χ2v) is 9.98. The van der Waals surface area contributed by atoms with E-state index in [0.717, 1.165) is 29.0 Å². The van der Waals surface area contributed by atoms with Crippen molar-refractivity contribution in [2.24, 2.45) is 5.92 Å². The highest BCUT2D eigenvalue weighted by Gasteiger charge is 2.27. The summed E-state index contributed by atoms with van der Waals surface area (Å²) >= 11 is 4.56. The Morgan fingerprint density at radius 2 is 2.33 bits per heavy atom. The van der Waals surface area contributed by atoms with Crippen molar-refractivity contribution in [3.63, 3.8) is 0 Å². The van der Waals surface area contributed by atoms with Crippen LogP contribution in [0.15, 0.2) is 32.5 Å². The molecule has 3 heterocycles. The molecule has 0 amide bonds. The number of thiophene rings is 1. The number of aryl methyl sites for hydroxylation is 1. The molecule has 0 radical (unpaired) electrons. The van der Waals surface area contributed by atoms with Gasteiger partial charge in [-0.3, -0.25) is 0 Å². The normalized spacial score (nSPS) is 18.9. The molecule has 1 aliphatic rings. The number of nitrogens with zero attached hydrogens (tertiary/aromatic N) is 3. The van der Waals surface area contributed by atoms with Crippen molar-refractivity contribution in [3.05, 3.63) is 34.1 Å². The summed E-state index contributed by atoms with van der Waals surface area (Å²) in [6, 6.07) is 3.42. The fourth-order valence-electron chi connectivity index (χ4n) is 2.64. The molecular weight excluding hydrogens is 374 g/mol. The Hall–Kier alpha value is -0.700. The van der Waals surface area contributed by atoms with Crippen molar-refractivity contribution in [1.82, 2.24) is 13.9 Å². The van der Waals surface area contributed by atoms with Gasteiger partial charge in [0.2, 0.25) is 0 Å². The van der Waals surface area contributed by atoms with Gasteiger partial charge in [0, 0.05) is 39.0 Å². The van der Waals surface area contributed by atoms with Crippen LogP contribution >= 0.6 is 27.3 Å². The monoisotopic (exact) mass is 389 g/mol. The minimum Gasteiger partial charge on any atom is -0.335 e. The summed E-state index contributed by atoms with van der Waals surface area (Å²) < 4.78 is 29.8. The van der Waals surface area contributed by atoms with Crippen molar-refractivity contribution >= 4 is 37.3 Å². The predicted octanol–water partition coefficient (Wildman–Crippen LogP) is 2.59. The van der Waals surface area contributed by atoms with Gasteiger partial charge in [-0.1, -0.05) is 0 Å². The largest absolute Gasteiger partial charge is 0.335 e. The third kappa shape index (κ3) is 3.08. The Kier molecular flexibility index (Phi) is 4.22. The van der Waals surface area contributed by atoms with Crippen molar-refractivity contribution in [2.75, 3.05) is 13.6 Å². The lowest BCUT2D eigenvalue weighted by atomic mass is 10.00. The maximum absolute atomic E-state index is 12.5. The summed E-state index contributed by atoms with van der Waals surface area (Å²) in [4.78, 5) is 4.30. The number of hydrogen-bond acceptors (Lipinski definition) is 4. The Morgan fingerprint density at radius 1 is 1.52 bits per heavy atom. The number of sulfonamides is 1. The first-order valence-electron chi connectivity index (χ1n) is 6.68. The van der Waals surface area contributed by atoms with Gasteiger partial charge in [-0.15, -0.1) is 11.3 Å². The molecular formula is C13H16BrN3O2S2. The minimum atomic E-state index is -3.38. The molecule has 0 saturated carbocycles. The number of hydrogen-bond donors (Lipinski definition) is 0. The Morgan fingerprint density at radius 3 is 3.05 bits per heavy atom. The Labute approximate surface area is 136 Å². The van der Waals surface area contributed by atoms with Crippen LogP contribution in [-0.4, -0.2) is 35.9 Å². The highest BCUT2D eigenvalue weighted by atomic mass is 79.9. The quantitative estimate of drug-likeness (QED) is 0.807. The lowest BCUT2D eigenvalue weighted by Gasteiger charge is -2.27. The average molecular weight is 390 g/mol. The number of imidazole rings is 1. The lowest BCUT2D eigenvalue weighted by Crippen LogP contribution is -2.35. The molecule has 3 rings (SSSR count). The average Bonchev–Trinajstić information content (AvgIpc) is 3.06. The molecule has 1 atom stereocenters. The minimum absolute atomic E-state index is 0.329. The van der Waals surface area contributed by atoms with Gasteiger partial charge in [0.05, 0.1) is 3.79 Å². The highest BCUT2D eigenvalue weighted by molar-refractivity contribution is 9.11. The van der Waals surface area contributed by atoms with E-state index in [1.807, 2.05) is 6.20 Å². The SMILES string of the molecule is CN(C[C@@H]1CCc2nccn2C1)S(=O)(=O)c1ccc(Br)s1. The molecule has 0 saturated heterocycles. The zero-order valence-electron chi connectivity index (χ0n) is 11.6. The molecule has 5 nitrogen and oxygen atoms in total. The smallest absolute Gasteiger partial charge is 0.252 e. The maximum Gasteiger partial charge on any atom is 0.252 e. The molecule has 8 heteroatoms. The standard InChI is InChI=1S/C13H16BrN3O2S2/c1-16(21(18,19)13-5-3-11(14)20-13)8-10-2-4-12-15-6-7-17(12)9-10/h3,5-7,10H,2,4,8-9H2,1H3/t10-/m0/s1. The first-order valence-corrected chi connectivity index (χ1v) is 9.73.